The number of piperidine rings is 1. The van der Waals surface area contributed by atoms with Crippen molar-refractivity contribution in [3.05, 3.63) is 0 Å². The van der Waals surface area contributed by atoms with Gasteiger partial charge >= 0.3 is 6.09 Å². The predicted molar refractivity (Wildman–Crippen MR) is 64.6 cm³/mol. The maximum atomic E-state index is 12.2. The molecule has 0 unspecified atom stereocenters. The zero-order valence-corrected chi connectivity index (χ0v) is 11.1. The summed E-state index contributed by atoms with van der Waals surface area (Å²) in [7, 11) is 0. The van der Waals surface area contributed by atoms with Gasteiger partial charge in [0, 0.05) is 6.04 Å². The van der Waals surface area contributed by atoms with Crippen LogP contribution >= 0.6 is 0 Å². The molecule has 0 aromatic carbocycles. The molecule has 2 bridgehead atoms. The van der Waals surface area contributed by atoms with Crippen molar-refractivity contribution >= 4 is 6.09 Å². The van der Waals surface area contributed by atoms with Crippen LogP contribution in [0.4, 0.5) is 4.79 Å². The molecular formula is C13H20N2O3. The molecule has 5 nitrogen and oxygen atoms in total. The molecule has 2 fully saturated rings. The zero-order chi connectivity index (χ0) is 13.5. The van der Waals surface area contributed by atoms with E-state index in [1.165, 1.54) is 0 Å². The SMILES string of the molecule is CC(C)(C)OC(=O)N1[C@@H]2CC[C@H]1[C@H](C#N)[C@H](O)C2. The minimum Gasteiger partial charge on any atom is -0.444 e. The topological polar surface area (TPSA) is 73.6 Å². The van der Waals surface area contributed by atoms with E-state index in [-0.39, 0.29) is 18.2 Å². The lowest BCUT2D eigenvalue weighted by molar-refractivity contribution is -0.0251. The van der Waals surface area contributed by atoms with Gasteiger partial charge in [-0.25, -0.2) is 4.79 Å². The van der Waals surface area contributed by atoms with Gasteiger partial charge in [-0.15, -0.1) is 0 Å². The number of fused-ring (bicyclic) bond motifs is 2. The molecule has 18 heavy (non-hydrogen) atoms. The van der Waals surface area contributed by atoms with Gasteiger partial charge in [-0.1, -0.05) is 0 Å². The summed E-state index contributed by atoms with van der Waals surface area (Å²) in [6.07, 6.45) is 1.13. The van der Waals surface area contributed by atoms with E-state index >= 15 is 0 Å². The number of nitrogens with zero attached hydrogens (tertiary/aromatic N) is 2. The molecule has 2 saturated heterocycles. The molecule has 5 heteroatoms. The Morgan fingerprint density at radius 2 is 2.11 bits per heavy atom. The molecule has 2 aliphatic rings. The molecule has 0 saturated carbocycles. The predicted octanol–water partition coefficient (Wildman–Crippen LogP) is 1.66. The van der Waals surface area contributed by atoms with E-state index in [4.69, 9.17) is 10.00 Å². The second-order valence-corrected chi connectivity index (χ2v) is 6.14. The van der Waals surface area contributed by atoms with Gasteiger partial charge in [0.15, 0.2) is 0 Å². The minimum absolute atomic E-state index is 0.0180. The largest absolute Gasteiger partial charge is 0.444 e. The molecule has 0 aromatic rings. The summed E-state index contributed by atoms with van der Waals surface area (Å²) in [5.41, 5.74) is -0.533. The van der Waals surface area contributed by atoms with E-state index in [0.717, 1.165) is 12.8 Å². The molecule has 1 amide bonds. The van der Waals surface area contributed by atoms with Gasteiger partial charge in [0.2, 0.25) is 0 Å². The highest BCUT2D eigenvalue weighted by Crippen LogP contribution is 2.39. The van der Waals surface area contributed by atoms with E-state index in [1.807, 2.05) is 20.8 Å². The number of aliphatic hydroxyl groups excluding tert-OH is 1. The summed E-state index contributed by atoms with van der Waals surface area (Å²) in [5, 5.41) is 19.0. The lowest BCUT2D eigenvalue weighted by atomic mass is 9.89. The first kappa shape index (κ1) is 13.2. The average Bonchev–Trinajstić information content (AvgIpc) is 2.53. The second-order valence-electron chi connectivity index (χ2n) is 6.14. The Hall–Kier alpha value is -1.28. The quantitative estimate of drug-likeness (QED) is 0.711. The number of rotatable bonds is 0. The molecule has 2 aliphatic heterocycles. The molecule has 100 valence electrons. The summed E-state index contributed by atoms with van der Waals surface area (Å²) in [6, 6.07) is 1.95. The normalized spacial score (nSPS) is 35.2. The highest BCUT2D eigenvalue weighted by Gasteiger charge is 2.50. The van der Waals surface area contributed by atoms with Gasteiger partial charge in [-0.05, 0) is 40.0 Å². The van der Waals surface area contributed by atoms with Gasteiger partial charge in [-0.2, -0.15) is 5.26 Å². The van der Waals surface area contributed by atoms with Crippen molar-refractivity contribution in [2.75, 3.05) is 0 Å². The standard InChI is InChI=1S/C13H20N2O3/c1-13(2,3)18-12(17)15-8-4-5-10(15)9(7-14)11(16)6-8/h8-11,16H,4-6H2,1-3H3/t8-,9+,10+,11-/m1/s1. The van der Waals surface area contributed by atoms with Crippen LogP contribution in [-0.4, -0.2) is 39.9 Å². The Kier molecular flexibility index (Phi) is 3.24. The maximum Gasteiger partial charge on any atom is 0.410 e. The summed E-state index contributed by atoms with van der Waals surface area (Å²) in [6.45, 7) is 5.48. The third kappa shape index (κ3) is 2.30. The molecule has 2 rings (SSSR count). The van der Waals surface area contributed by atoms with E-state index in [1.54, 1.807) is 4.90 Å². The number of hydrogen-bond acceptors (Lipinski definition) is 4. The Bertz CT molecular complexity index is 383. The minimum atomic E-state index is -0.619. The summed E-state index contributed by atoms with van der Waals surface area (Å²) in [4.78, 5) is 13.8. The number of ether oxygens (including phenoxy) is 1. The van der Waals surface area contributed by atoms with Crippen LogP contribution in [0.5, 0.6) is 0 Å². The van der Waals surface area contributed by atoms with E-state index < -0.39 is 17.6 Å². The summed E-state index contributed by atoms with van der Waals surface area (Å²) in [5.74, 6) is -0.490. The van der Waals surface area contributed by atoms with Crippen molar-refractivity contribution in [3.8, 4) is 6.07 Å². The first-order chi connectivity index (χ1) is 8.33. The van der Waals surface area contributed by atoms with Crippen LogP contribution in [0.1, 0.15) is 40.0 Å². The molecule has 0 aliphatic carbocycles. The first-order valence-corrected chi connectivity index (χ1v) is 6.42. The van der Waals surface area contributed by atoms with Crippen LogP contribution in [0.25, 0.3) is 0 Å². The van der Waals surface area contributed by atoms with Crippen molar-refractivity contribution in [2.24, 2.45) is 5.92 Å². The molecule has 0 radical (unpaired) electrons. The van der Waals surface area contributed by atoms with Gasteiger partial charge in [0.1, 0.15) is 5.60 Å². The van der Waals surface area contributed by atoms with Crippen LogP contribution in [-0.2, 0) is 4.74 Å². The second kappa shape index (κ2) is 4.43. The van der Waals surface area contributed by atoms with E-state index in [9.17, 15) is 9.90 Å². The maximum absolute atomic E-state index is 12.2. The molecule has 0 spiro atoms. The number of hydrogen-bond donors (Lipinski definition) is 1. The third-order valence-corrected chi connectivity index (χ3v) is 3.64. The van der Waals surface area contributed by atoms with Crippen LogP contribution in [0.2, 0.25) is 0 Å². The van der Waals surface area contributed by atoms with Gasteiger partial charge < -0.3 is 14.7 Å². The lowest BCUT2D eigenvalue weighted by Crippen LogP contribution is -2.54. The van der Waals surface area contributed by atoms with Crippen molar-refractivity contribution < 1.29 is 14.6 Å². The fraction of sp³-hybridized carbons (Fsp3) is 0.846. The summed E-state index contributed by atoms with van der Waals surface area (Å²) >= 11 is 0. The Balaban J connectivity index is 2.15. The first-order valence-electron chi connectivity index (χ1n) is 6.42. The average molecular weight is 252 g/mol. The third-order valence-electron chi connectivity index (χ3n) is 3.64. The smallest absolute Gasteiger partial charge is 0.410 e. The fourth-order valence-electron chi connectivity index (χ4n) is 2.95. The van der Waals surface area contributed by atoms with Crippen molar-refractivity contribution in [1.29, 1.82) is 5.26 Å². The monoisotopic (exact) mass is 252 g/mol. The molecule has 0 aromatic heterocycles. The molecule has 2 heterocycles. The van der Waals surface area contributed by atoms with Crippen LogP contribution in [0, 0.1) is 17.2 Å². The van der Waals surface area contributed by atoms with Crippen LogP contribution in [0.3, 0.4) is 0 Å². The van der Waals surface area contributed by atoms with Crippen LogP contribution in [0.15, 0.2) is 0 Å². The van der Waals surface area contributed by atoms with Crippen molar-refractivity contribution in [3.63, 3.8) is 0 Å². The molecule has 1 N–H and O–H groups in total. The Morgan fingerprint density at radius 3 is 2.67 bits per heavy atom. The van der Waals surface area contributed by atoms with Gasteiger partial charge in [-0.3, -0.25) is 0 Å². The van der Waals surface area contributed by atoms with Crippen LogP contribution < -0.4 is 0 Å². The van der Waals surface area contributed by atoms with E-state index in [0.29, 0.717) is 6.42 Å². The lowest BCUT2D eigenvalue weighted by Gasteiger charge is -2.40. The number of amides is 1. The number of nitriles is 1. The Labute approximate surface area is 107 Å². The van der Waals surface area contributed by atoms with Gasteiger partial charge in [0.05, 0.1) is 24.1 Å². The fourth-order valence-corrected chi connectivity index (χ4v) is 2.95. The van der Waals surface area contributed by atoms with Gasteiger partial charge in [0.25, 0.3) is 0 Å². The summed E-state index contributed by atoms with van der Waals surface area (Å²) < 4.78 is 5.38. The number of aliphatic hydroxyl groups is 1. The zero-order valence-electron chi connectivity index (χ0n) is 11.1. The molecular weight excluding hydrogens is 232 g/mol. The number of carbonyl (C=O) groups excluding carboxylic acids is 1. The Morgan fingerprint density at radius 1 is 1.44 bits per heavy atom. The highest BCUT2D eigenvalue weighted by atomic mass is 16.6. The van der Waals surface area contributed by atoms with Crippen molar-refractivity contribution in [2.45, 2.75) is 63.8 Å². The molecule has 4 atom stereocenters. The van der Waals surface area contributed by atoms with Crippen molar-refractivity contribution in [1.82, 2.24) is 4.90 Å². The highest BCUT2D eigenvalue weighted by molar-refractivity contribution is 5.70. The van der Waals surface area contributed by atoms with E-state index in [2.05, 4.69) is 6.07 Å². The number of carbonyl (C=O) groups is 1.